The zero-order chi connectivity index (χ0) is 15.1. The fourth-order valence-electron chi connectivity index (χ4n) is 2.29. The van der Waals surface area contributed by atoms with E-state index in [1.54, 1.807) is 7.05 Å². The molecular formula is C15H22F2IN3S. The summed E-state index contributed by atoms with van der Waals surface area (Å²) in [4.78, 5) is 4.14. The minimum atomic E-state index is -0.410. The highest BCUT2D eigenvalue weighted by atomic mass is 127. The Morgan fingerprint density at radius 3 is 2.86 bits per heavy atom. The molecule has 1 aliphatic rings. The summed E-state index contributed by atoms with van der Waals surface area (Å²) in [7, 11) is 1.71. The summed E-state index contributed by atoms with van der Waals surface area (Å²) in [6.07, 6.45) is 2.94. The number of benzene rings is 1. The summed E-state index contributed by atoms with van der Waals surface area (Å²) < 4.78 is 26.6. The quantitative estimate of drug-likeness (QED) is 0.419. The van der Waals surface area contributed by atoms with E-state index in [-0.39, 0.29) is 29.8 Å². The molecule has 0 radical (unpaired) electrons. The van der Waals surface area contributed by atoms with Gasteiger partial charge in [0.1, 0.15) is 11.6 Å². The van der Waals surface area contributed by atoms with Crippen molar-refractivity contribution in [3.63, 3.8) is 0 Å². The third kappa shape index (κ3) is 6.28. The van der Waals surface area contributed by atoms with Gasteiger partial charge in [-0.3, -0.25) is 4.99 Å². The molecule has 0 aliphatic carbocycles. The van der Waals surface area contributed by atoms with Crippen molar-refractivity contribution in [1.82, 2.24) is 10.6 Å². The van der Waals surface area contributed by atoms with E-state index in [9.17, 15) is 8.78 Å². The minimum Gasteiger partial charge on any atom is -0.356 e. The van der Waals surface area contributed by atoms with E-state index in [1.165, 1.54) is 24.7 Å². The summed E-state index contributed by atoms with van der Waals surface area (Å²) >= 11 is 1.98. The number of halogens is 3. The Hall–Kier alpha value is -0.570. The van der Waals surface area contributed by atoms with Gasteiger partial charge < -0.3 is 10.6 Å². The molecule has 7 heteroatoms. The summed E-state index contributed by atoms with van der Waals surface area (Å²) in [5, 5.41) is 7.05. The van der Waals surface area contributed by atoms with Crippen LogP contribution in [0.3, 0.4) is 0 Å². The van der Waals surface area contributed by atoms with Crippen molar-refractivity contribution in [1.29, 1.82) is 0 Å². The topological polar surface area (TPSA) is 36.4 Å². The van der Waals surface area contributed by atoms with Crippen LogP contribution in [0, 0.1) is 11.6 Å². The lowest BCUT2D eigenvalue weighted by Gasteiger charge is -2.14. The molecule has 1 saturated heterocycles. The van der Waals surface area contributed by atoms with Crippen LogP contribution in [0.2, 0.25) is 0 Å². The number of hydrogen-bond donors (Lipinski definition) is 2. The molecule has 3 nitrogen and oxygen atoms in total. The molecule has 22 heavy (non-hydrogen) atoms. The van der Waals surface area contributed by atoms with Crippen molar-refractivity contribution in [3.8, 4) is 0 Å². The molecule has 2 rings (SSSR count). The van der Waals surface area contributed by atoms with Gasteiger partial charge in [-0.2, -0.15) is 11.8 Å². The highest BCUT2D eigenvalue weighted by molar-refractivity contribution is 14.0. The molecule has 1 heterocycles. The summed E-state index contributed by atoms with van der Waals surface area (Å²) in [5.41, 5.74) is 0.379. The van der Waals surface area contributed by atoms with Gasteiger partial charge in [-0.15, -0.1) is 24.0 Å². The van der Waals surface area contributed by atoms with Gasteiger partial charge in [0, 0.05) is 25.4 Å². The Morgan fingerprint density at radius 2 is 2.18 bits per heavy atom. The average Bonchev–Trinajstić information content (AvgIpc) is 2.99. The summed E-state index contributed by atoms with van der Waals surface area (Å²) in [5.74, 6) is 1.16. The molecule has 0 amide bonds. The maximum absolute atomic E-state index is 13.5. The Kier molecular flexibility index (Phi) is 9.08. The van der Waals surface area contributed by atoms with Crippen LogP contribution in [-0.2, 0) is 6.42 Å². The molecule has 0 bridgehead atoms. The molecule has 1 aliphatic heterocycles. The minimum absolute atomic E-state index is 0. The highest BCUT2D eigenvalue weighted by Crippen LogP contribution is 2.25. The van der Waals surface area contributed by atoms with Crippen molar-refractivity contribution < 1.29 is 8.78 Å². The zero-order valence-corrected chi connectivity index (χ0v) is 15.7. The number of nitrogens with zero attached hydrogens (tertiary/aromatic N) is 1. The van der Waals surface area contributed by atoms with Gasteiger partial charge in [0.15, 0.2) is 5.96 Å². The smallest absolute Gasteiger partial charge is 0.191 e. The first-order chi connectivity index (χ1) is 10.2. The number of hydrogen-bond acceptors (Lipinski definition) is 2. The maximum atomic E-state index is 13.5. The number of rotatable bonds is 5. The fraction of sp³-hybridized carbons (Fsp3) is 0.533. The average molecular weight is 441 g/mol. The number of nitrogens with one attached hydrogen (secondary N) is 2. The zero-order valence-electron chi connectivity index (χ0n) is 12.6. The molecule has 1 atom stereocenters. The van der Waals surface area contributed by atoms with E-state index in [4.69, 9.17) is 0 Å². The fourth-order valence-corrected chi connectivity index (χ4v) is 3.49. The molecule has 0 saturated carbocycles. The van der Waals surface area contributed by atoms with Crippen LogP contribution in [0.15, 0.2) is 23.2 Å². The van der Waals surface area contributed by atoms with Crippen molar-refractivity contribution >= 4 is 41.7 Å². The molecule has 1 aromatic rings. The van der Waals surface area contributed by atoms with Crippen LogP contribution in [-0.4, -0.2) is 37.1 Å². The molecule has 1 unspecified atom stereocenters. The van der Waals surface area contributed by atoms with E-state index >= 15 is 0 Å². The van der Waals surface area contributed by atoms with Crippen LogP contribution in [0.4, 0.5) is 8.78 Å². The van der Waals surface area contributed by atoms with Gasteiger partial charge in [0.25, 0.3) is 0 Å². The van der Waals surface area contributed by atoms with E-state index < -0.39 is 5.82 Å². The molecular weight excluding hydrogens is 419 g/mol. The second-order valence-electron chi connectivity index (χ2n) is 5.00. The van der Waals surface area contributed by atoms with Gasteiger partial charge in [-0.05, 0) is 48.8 Å². The SMILES string of the molecule is CN=C(NCCc1cc(F)ccc1F)NCC1CCCS1.I. The molecule has 1 fully saturated rings. The predicted molar refractivity (Wildman–Crippen MR) is 100 cm³/mol. The third-order valence-electron chi connectivity index (χ3n) is 3.44. The van der Waals surface area contributed by atoms with Crippen LogP contribution in [0.25, 0.3) is 0 Å². The van der Waals surface area contributed by atoms with Crippen molar-refractivity contribution in [2.75, 3.05) is 25.9 Å². The summed E-state index contributed by atoms with van der Waals surface area (Å²) in [6, 6.07) is 3.53. The van der Waals surface area contributed by atoms with Gasteiger partial charge in [-0.1, -0.05) is 0 Å². The number of guanidine groups is 1. The Labute approximate surface area is 151 Å². The molecule has 1 aromatic carbocycles. The first kappa shape index (κ1) is 19.5. The van der Waals surface area contributed by atoms with Gasteiger partial charge in [0.05, 0.1) is 0 Å². The largest absolute Gasteiger partial charge is 0.356 e. The van der Waals surface area contributed by atoms with E-state index in [1.807, 2.05) is 11.8 Å². The van der Waals surface area contributed by atoms with Crippen molar-refractivity contribution in [2.24, 2.45) is 4.99 Å². The first-order valence-corrected chi connectivity index (χ1v) is 8.24. The summed E-state index contributed by atoms with van der Waals surface area (Å²) in [6.45, 7) is 1.40. The Bertz CT molecular complexity index is 494. The van der Waals surface area contributed by atoms with Gasteiger partial charge >= 0.3 is 0 Å². The predicted octanol–water partition coefficient (Wildman–Crippen LogP) is 3.19. The highest BCUT2D eigenvalue weighted by Gasteiger charge is 2.15. The third-order valence-corrected chi connectivity index (χ3v) is 4.84. The Balaban J connectivity index is 0.00000242. The van der Waals surface area contributed by atoms with Gasteiger partial charge in [0.2, 0.25) is 0 Å². The lowest BCUT2D eigenvalue weighted by atomic mass is 10.1. The second kappa shape index (κ2) is 10.3. The van der Waals surface area contributed by atoms with Crippen LogP contribution in [0.1, 0.15) is 18.4 Å². The van der Waals surface area contributed by atoms with Crippen molar-refractivity contribution in [2.45, 2.75) is 24.5 Å². The number of thioether (sulfide) groups is 1. The molecule has 124 valence electrons. The van der Waals surface area contributed by atoms with E-state index in [0.29, 0.717) is 29.7 Å². The van der Waals surface area contributed by atoms with Crippen molar-refractivity contribution in [3.05, 3.63) is 35.4 Å². The molecule has 0 spiro atoms. The number of aliphatic imine (C=N–C) groups is 1. The normalized spacial score (nSPS) is 18.0. The monoisotopic (exact) mass is 441 g/mol. The van der Waals surface area contributed by atoms with E-state index in [2.05, 4.69) is 15.6 Å². The van der Waals surface area contributed by atoms with Gasteiger partial charge in [-0.25, -0.2) is 8.78 Å². The molecule has 0 aromatic heterocycles. The van der Waals surface area contributed by atoms with Crippen LogP contribution in [0.5, 0.6) is 0 Å². The van der Waals surface area contributed by atoms with Crippen LogP contribution >= 0.6 is 35.7 Å². The second-order valence-corrected chi connectivity index (χ2v) is 6.41. The lowest BCUT2D eigenvalue weighted by molar-refractivity contribution is 0.583. The Morgan fingerprint density at radius 1 is 1.36 bits per heavy atom. The van der Waals surface area contributed by atoms with Crippen LogP contribution < -0.4 is 10.6 Å². The lowest BCUT2D eigenvalue weighted by Crippen LogP contribution is -2.41. The van der Waals surface area contributed by atoms with E-state index in [0.717, 1.165) is 18.7 Å². The maximum Gasteiger partial charge on any atom is 0.191 e. The standard InChI is InChI=1S/C15H21F2N3S.HI/c1-18-15(20-10-13-3-2-8-21-13)19-7-6-11-9-12(16)4-5-14(11)17;/h4-5,9,13H,2-3,6-8,10H2,1H3,(H2,18,19,20);1H. The first-order valence-electron chi connectivity index (χ1n) is 7.19. The molecule has 2 N–H and O–H groups in total.